The van der Waals surface area contributed by atoms with Gasteiger partial charge < -0.3 is 14.6 Å². The van der Waals surface area contributed by atoms with Crippen molar-refractivity contribution >= 4 is 17.0 Å². The number of fused-ring (bicyclic) bond motifs is 1. The molecule has 0 aliphatic heterocycles. The third-order valence-corrected chi connectivity index (χ3v) is 5.34. The van der Waals surface area contributed by atoms with Crippen LogP contribution >= 0.6 is 0 Å². The van der Waals surface area contributed by atoms with Crippen LogP contribution in [-0.4, -0.2) is 36.7 Å². The Morgan fingerprint density at radius 2 is 1.59 bits per heavy atom. The van der Waals surface area contributed by atoms with Gasteiger partial charge >= 0.3 is 0 Å². The fraction of sp³-hybridized carbons (Fsp3) is 0.154. The molecule has 0 unspecified atom stereocenters. The molecule has 0 atom stereocenters. The van der Waals surface area contributed by atoms with Gasteiger partial charge in [-0.1, -0.05) is 42.5 Å². The van der Waals surface area contributed by atoms with E-state index in [9.17, 15) is 9.90 Å². The number of pyridine rings is 1. The van der Waals surface area contributed by atoms with E-state index in [0.717, 1.165) is 17.7 Å². The van der Waals surface area contributed by atoms with Gasteiger partial charge in [-0.25, -0.2) is 4.57 Å². The van der Waals surface area contributed by atoms with Crippen molar-refractivity contribution in [3.05, 3.63) is 94.3 Å². The molecule has 0 saturated carbocycles. The van der Waals surface area contributed by atoms with Crippen molar-refractivity contribution in [1.82, 2.24) is 4.57 Å². The highest BCUT2D eigenvalue weighted by Gasteiger charge is 2.18. The Balaban J connectivity index is 1.73. The van der Waals surface area contributed by atoms with Crippen molar-refractivity contribution in [1.29, 1.82) is 0 Å². The van der Waals surface area contributed by atoms with Gasteiger partial charge in [0.2, 0.25) is 5.88 Å². The minimum absolute atomic E-state index is 0.175. The first-order chi connectivity index (χ1) is 15.6. The SMILES string of the molecule is COc1ccc(CCN=Cc2c(O)n(-c3ccccc3OC)c(=O)c3ccccc23)cc1. The molecule has 162 valence electrons. The topological polar surface area (TPSA) is 73.1 Å². The van der Waals surface area contributed by atoms with Crippen LogP contribution in [0.2, 0.25) is 0 Å². The molecular formula is C26H24N2O4. The second-order valence-corrected chi connectivity index (χ2v) is 7.23. The zero-order chi connectivity index (χ0) is 22.5. The average Bonchev–Trinajstić information content (AvgIpc) is 2.84. The lowest BCUT2D eigenvalue weighted by Gasteiger charge is -2.16. The van der Waals surface area contributed by atoms with Crippen molar-refractivity contribution in [3.8, 4) is 23.1 Å². The molecule has 0 fully saturated rings. The fourth-order valence-corrected chi connectivity index (χ4v) is 3.67. The Kier molecular flexibility index (Phi) is 6.22. The molecule has 0 spiro atoms. The highest BCUT2D eigenvalue weighted by molar-refractivity contribution is 6.01. The number of para-hydroxylation sites is 2. The maximum atomic E-state index is 13.2. The third kappa shape index (κ3) is 4.07. The third-order valence-electron chi connectivity index (χ3n) is 5.34. The van der Waals surface area contributed by atoms with Gasteiger partial charge in [0, 0.05) is 23.5 Å². The maximum absolute atomic E-state index is 13.2. The molecule has 1 aromatic heterocycles. The first kappa shape index (κ1) is 21.2. The Morgan fingerprint density at radius 1 is 0.906 bits per heavy atom. The van der Waals surface area contributed by atoms with Crippen LogP contribution in [0.25, 0.3) is 16.5 Å². The molecule has 0 aliphatic carbocycles. The molecule has 32 heavy (non-hydrogen) atoms. The Bertz CT molecular complexity index is 1320. The quantitative estimate of drug-likeness (QED) is 0.444. The number of aromatic nitrogens is 1. The smallest absolute Gasteiger partial charge is 0.265 e. The van der Waals surface area contributed by atoms with Gasteiger partial charge in [0.1, 0.15) is 11.5 Å². The van der Waals surface area contributed by atoms with Crippen molar-refractivity contribution in [2.24, 2.45) is 4.99 Å². The summed E-state index contributed by atoms with van der Waals surface area (Å²) in [5.74, 6) is 1.13. The summed E-state index contributed by atoms with van der Waals surface area (Å²) in [5, 5.41) is 12.3. The summed E-state index contributed by atoms with van der Waals surface area (Å²) < 4.78 is 11.9. The summed E-state index contributed by atoms with van der Waals surface area (Å²) >= 11 is 0. The highest BCUT2D eigenvalue weighted by Crippen LogP contribution is 2.29. The van der Waals surface area contributed by atoms with E-state index in [4.69, 9.17) is 9.47 Å². The lowest BCUT2D eigenvalue weighted by atomic mass is 10.1. The summed E-state index contributed by atoms with van der Waals surface area (Å²) in [6, 6.07) is 22.1. The summed E-state index contributed by atoms with van der Waals surface area (Å²) in [5.41, 5.74) is 1.77. The van der Waals surface area contributed by atoms with Crippen LogP contribution in [0, 0.1) is 0 Å². The predicted octanol–water partition coefficient (Wildman–Crippen LogP) is 4.38. The van der Waals surface area contributed by atoms with Gasteiger partial charge in [0.25, 0.3) is 5.56 Å². The molecule has 3 aromatic carbocycles. The molecule has 4 rings (SSSR count). The normalized spacial score (nSPS) is 11.2. The van der Waals surface area contributed by atoms with Gasteiger partial charge in [-0.3, -0.25) is 9.79 Å². The number of ether oxygens (including phenoxy) is 2. The first-order valence-corrected chi connectivity index (χ1v) is 10.3. The van der Waals surface area contributed by atoms with Crippen LogP contribution in [0.4, 0.5) is 0 Å². The first-order valence-electron chi connectivity index (χ1n) is 10.3. The Morgan fingerprint density at radius 3 is 2.31 bits per heavy atom. The summed E-state index contributed by atoms with van der Waals surface area (Å²) in [6.45, 7) is 0.536. The number of aliphatic imine (C=N–C) groups is 1. The van der Waals surface area contributed by atoms with E-state index >= 15 is 0 Å². The molecular weight excluding hydrogens is 404 g/mol. The Labute approximate surface area is 186 Å². The monoisotopic (exact) mass is 428 g/mol. The van der Waals surface area contributed by atoms with E-state index in [1.165, 1.54) is 11.7 Å². The van der Waals surface area contributed by atoms with Crippen LogP contribution in [0.15, 0.2) is 82.6 Å². The number of hydrogen-bond acceptors (Lipinski definition) is 5. The molecule has 0 bridgehead atoms. The van der Waals surface area contributed by atoms with E-state index in [1.807, 2.05) is 42.5 Å². The Hall–Kier alpha value is -4.06. The summed E-state index contributed by atoms with van der Waals surface area (Å²) in [7, 11) is 3.17. The van der Waals surface area contributed by atoms with E-state index in [1.54, 1.807) is 43.7 Å². The molecule has 1 N–H and O–H groups in total. The molecule has 1 heterocycles. The lowest BCUT2D eigenvalue weighted by Crippen LogP contribution is -2.20. The number of benzene rings is 3. The number of rotatable bonds is 7. The molecule has 4 aromatic rings. The molecule has 0 aliphatic rings. The highest BCUT2D eigenvalue weighted by atomic mass is 16.5. The molecule has 0 radical (unpaired) electrons. The number of hydrogen-bond donors (Lipinski definition) is 1. The van der Waals surface area contributed by atoms with Crippen LogP contribution in [-0.2, 0) is 6.42 Å². The number of nitrogens with zero attached hydrogens (tertiary/aromatic N) is 2. The molecule has 0 saturated heterocycles. The minimum atomic E-state index is -0.321. The van der Waals surface area contributed by atoms with Crippen molar-refractivity contribution in [3.63, 3.8) is 0 Å². The number of methoxy groups -OCH3 is 2. The molecule has 0 amide bonds. The predicted molar refractivity (Wildman–Crippen MR) is 127 cm³/mol. The van der Waals surface area contributed by atoms with Gasteiger partial charge in [-0.2, -0.15) is 0 Å². The van der Waals surface area contributed by atoms with E-state index in [-0.39, 0.29) is 11.4 Å². The van der Waals surface area contributed by atoms with E-state index in [0.29, 0.717) is 34.3 Å². The largest absolute Gasteiger partial charge is 0.497 e. The zero-order valence-electron chi connectivity index (χ0n) is 18.0. The zero-order valence-corrected chi connectivity index (χ0v) is 18.0. The number of aromatic hydroxyl groups is 1. The average molecular weight is 428 g/mol. The summed E-state index contributed by atoms with van der Waals surface area (Å²) in [6.07, 6.45) is 2.37. The van der Waals surface area contributed by atoms with Crippen LogP contribution in [0.3, 0.4) is 0 Å². The second kappa shape index (κ2) is 9.39. The lowest BCUT2D eigenvalue weighted by molar-refractivity contribution is 0.404. The van der Waals surface area contributed by atoms with Crippen LogP contribution < -0.4 is 15.0 Å². The van der Waals surface area contributed by atoms with Crippen molar-refractivity contribution in [2.75, 3.05) is 20.8 Å². The van der Waals surface area contributed by atoms with Crippen molar-refractivity contribution in [2.45, 2.75) is 6.42 Å². The van der Waals surface area contributed by atoms with Crippen LogP contribution in [0.1, 0.15) is 11.1 Å². The van der Waals surface area contributed by atoms with E-state index < -0.39 is 0 Å². The second-order valence-electron chi connectivity index (χ2n) is 7.23. The standard InChI is InChI=1S/C26H24N2O4/c1-31-19-13-11-18(12-14-19)15-16-27-17-22-20-7-3-4-8-21(20)25(29)28(26(22)30)23-9-5-6-10-24(23)32-2/h3-14,17,30H,15-16H2,1-2H3. The van der Waals surface area contributed by atoms with E-state index in [2.05, 4.69) is 4.99 Å². The summed E-state index contributed by atoms with van der Waals surface area (Å²) in [4.78, 5) is 17.8. The molecule has 6 heteroatoms. The molecule has 6 nitrogen and oxygen atoms in total. The van der Waals surface area contributed by atoms with Crippen LogP contribution in [0.5, 0.6) is 17.4 Å². The van der Waals surface area contributed by atoms with Crippen molar-refractivity contribution < 1.29 is 14.6 Å². The van der Waals surface area contributed by atoms with Gasteiger partial charge in [-0.05, 0) is 42.3 Å². The fourth-order valence-electron chi connectivity index (χ4n) is 3.67. The minimum Gasteiger partial charge on any atom is -0.497 e. The van der Waals surface area contributed by atoms with Gasteiger partial charge in [0.15, 0.2) is 0 Å². The maximum Gasteiger partial charge on any atom is 0.265 e. The van der Waals surface area contributed by atoms with Gasteiger partial charge in [0.05, 0.1) is 25.5 Å². The van der Waals surface area contributed by atoms with Gasteiger partial charge in [-0.15, -0.1) is 0 Å².